The summed E-state index contributed by atoms with van der Waals surface area (Å²) in [6.07, 6.45) is 1.63. The van der Waals surface area contributed by atoms with E-state index in [0.29, 0.717) is 42.2 Å². The van der Waals surface area contributed by atoms with Crippen LogP contribution in [0.5, 0.6) is 0 Å². The van der Waals surface area contributed by atoms with Crippen molar-refractivity contribution in [1.29, 1.82) is 0 Å². The molecule has 0 spiro atoms. The first kappa shape index (κ1) is 22.8. The predicted octanol–water partition coefficient (Wildman–Crippen LogP) is 5.30. The van der Waals surface area contributed by atoms with Gasteiger partial charge in [-0.05, 0) is 54.7 Å². The van der Waals surface area contributed by atoms with Gasteiger partial charge in [0.1, 0.15) is 5.52 Å². The van der Waals surface area contributed by atoms with Crippen LogP contribution in [0.4, 0.5) is 0 Å². The Morgan fingerprint density at radius 2 is 1.69 bits per heavy atom. The van der Waals surface area contributed by atoms with E-state index in [1.165, 1.54) is 0 Å². The summed E-state index contributed by atoms with van der Waals surface area (Å²) < 4.78 is 5.87. The van der Waals surface area contributed by atoms with E-state index in [1.54, 1.807) is 12.1 Å². The third-order valence-electron chi connectivity index (χ3n) is 6.91. The van der Waals surface area contributed by atoms with E-state index in [1.807, 2.05) is 78.6 Å². The molecular weight excluding hydrogens is 438 g/mol. The van der Waals surface area contributed by atoms with E-state index in [-0.39, 0.29) is 23.7 Å². The highest BCUT2D eigenvalue weighted by molar-refractivity contribution is 5.97. The molecule has 2 amide bonds. The number of aromatic nitrogens is 1. The Kier molecular flexibility index (Phi) is 6.62. The fraction of sp³-hybridized carbons (Fsp3) is 0.276. The average Bonchev–Trinajstić information content (AvgIpc) is 3.36. The average molecular weight is 468 g/mol. The van der Waals surface area contributed by atoms with Crippen LogP contribution in [0.25, 0.3) is 22.6 Å². The Morgan fingerprint density at radius 3 is 2.40 bits per heavy atom. The zero-order valence-corrected chi connectivity index (χ0v) is 19.8. The number of hydrogen-bond donors (Lipinski definition) is 1. The van der Waals surface area contributed by atoms with Crippen LogP contribution in [0.3, 0.4) is 0 Å². The van der Waals surface area contributed by atoms with Gasteiger partial charge in [-0.3, -0.25) is 9.59 Å². The largest absolute Gasteiger partial charge is 0.436 e. The molecule has 0 saturated carbocycles. The molecule has 0 unspecified atom stereocenters. The van der Waals surface area contributed by atoms with Crippen molar-refractivity contribution in [1.82, 2.24) is 15.2 Å². The summed E-state index contributed by atoms with van der Waals surface area (Å²) in [5, 5.41) is 3.05. The lowest BCUT2D eigenvalue weighted by Gasteiger charge is -2.34. The van der Waals surface area contributed by atoms with Gasteiger partial charge in [0.2, 0.25) is 11.8 Å². The van der Waals surface area contributed by atoms with E-state index >= 15 is 0 Å². The van der Waals surface area contributed by atoms with Crippen molar-refractivity contribution in [3.05, 3.63) is 90.0 Å². The molecule has 1 aliphatic heterocycles. The number of fused-ring (bicyclic) bond motifs is 1. The number of carbonyl (C=O) groups excluding carboxylic acids is 2. The van der Waals surface area contributed by atoms with Crippen LogP contribution in [0.1, 0.15) is 35.7 Å². The molecule has 1 fully saturated rings. The van der Waals surface area contributed by atoms with Crippen LogP contribution in [0, 0.1) is 11.8 Å². The first-order valence-corrected chi connectivity index (χ1v) is 12.2. The van der Waals surface area contributed by atoms with E-state index in [2.05, 4.69) is 10.3 Å². The van der Waals surface area contributed by atoms with Gasteiger partial charge in [-0.1, -0.05) is 55.5 Å². The molecule has 3 aromatic carbocycles. The van der Waals surface area contributed by atoms with Crippen molar-refractivity contribution in [2.24, 2.45) is 11.8 Å². The van der Waals surface area contributed by atoms with E-state index < -0.39 is 0 Å². The Bertz CT molecular complexity index is 1310. The maximum Gasteiger partial charge on any atom is 0.253 e. The molecular formula is C29H29N3O3. The number of piperidine rings is 1. The quantitative estimate of drug-likeness (QED) is 0.418. The minimum Gasteiger partial charge on any atom is -0.436 e. The molecule has 1 aromatic heterocycles. The van der Waals surface area contributed by atoms with Crippen molar-refractivity contribution in [2.45, 2.75) is 26.3 Å². The number of benzene rings is 3. The summed E-state index contributed by atoms with van der Waals surface area (Å²) in [4.78, 5) is 32.3. The van der Waals surface area contributed by atoms with Crippen molar-refractivity contribution in [3.8, 4) is 11.5 Å². The molecule has 4 aromatic rings. The monoisotopic (exact) mass is 467 g/mol. The normalized spacial score (nSPS) is 15.2. The molecule has 1 aliphatic rings. The molecule has 1 N–H and O–H groups in total. The fourth-order valence-corrected chi connectivity index (χ4v) is 4.71. The first-order valence-electron chi connectivity index (χ1n) is 12.2. The van der Waals surface area contributed by atoms with Gasteiger partial charge < -0.3 is 14.6 Å². The Hall–Kier alpha value is -3.93. The summed E-state index contributed by atoms with van der Waals surface area (Å²) in [5.41, 5.74) is 3.94. The molecule has 5 rings (SSSR count). The standard InChI is InChI=1S/C29H29N3O3/c1-20(27(33)30-19-21-8-4-2-5-9-21)22-14-16-32(17-15-22)29(34)24-12-13-26-25(18-24)31-28(35-26)23-10-6-3-7-11-23/h2-13,18,20,22H,14-17,19H2,1H3,(H,30,33)/t20-/m1/s1. The molecule has 0 aliphatic carbocycles. The lowest BCUT2D eigenvalue weighted by molar-refractivity contribution is -0.126. The van der Waals surface area contributed by atoms with Crippen molar-refractivity contribution in [2.75, 3.05) is 13.1 Å². The van der Waals surface area contributed by atoms with Gasteiger partial charge >= 0.3 is 0 Å². The summed E-state index contributed by atoms with van der Waals surface area (Å²) in [6, 6.07) is 25.1. The van der Waals surface area contributed by atoms with Crippen molar-refractivity contribution < 1.29 is 14.0 Å². The molecule has 0 radical (unpaired) electrons. The number of nitrogens with zero attached hydrogens (tertiary/aromatic N) is 2. The smallest absolute Gasteiger partial charge is 0.253 e. The van der Waals surface area contributed by atoms with Gasteiger partial charge in [0, 0.05) is 36.7 Å². The third kappa shape index (κ3) is 5.11. The molecule has 178 valence electrons. The van der Waals surface area contributed by atoms with E-state index in [0.717, 1.165) is 24.0 Å². The summed E-state index contributed by atoms with van der Waals surface area (Å²) in [5.74, 6) is 0.797. The number of oxazole rings is 1. The van der Waals surface area contributed by atoms with Gasteiger partial charge in [0.05, 0.1) is 0 Å². The second-order valence-corrected chi connectivity index (χ2v) is 9.19. The van der Waals surface area contributed by atoms with Crippen LogP contribution in [-0.4, -0.2) is 34.8 Å². The molecule has 1 saturated heterocycles. The van der Waals surface area contributed by atoms with Crippen molar-refractivity contribution in [3.63, 3.8) is 0 Å². The SMILES string of the molecule is C[C@@H](C(=O)NCc1ccccc1)C1CCN(C(=O)c2ccc3oc(-c4ccccc4)nc3c2)CC1. The highest BCUT2D eigenvalue weighted by atomic mass is 16.3. The minimum absolute atomic E-state index is 0.00390. The lowest BCUT2D eigenvalue weighted by Crippen LogP contribution is -2.42. The zero-order valence-electron chi connectivity index (χ0n) is 19.8. The van der Waals surface area contributed by atoms with Crippen LogP contribution in [-0.2, 0) is 11.3 Å². The number of amides is 2. The van der Waals surface area contributed by atoms with Gasteiger partial charge in [-0.15, -0.1) is 0 Å². The van der Waals surface area contributed by atoms with Crippen LogP contribution < -0.4 is 5.32 Å². The summed E-state index contributed by atoms with van der Waals surface area (Å²) >= 11 is 0. The number of likely N-dealkylation sites (tertiary alicyclic amines) is 1. The highest BCUT2D eigenvalue weighted by Crippen LogP contribution is 2.28. The van der Waals surface area contributed by atoms with Gasteiger partial charge in [-0.2, -0.15) is 0 Å². The van der Waals surface area contributed by atoms with E-state index in [4.69, 9.17) is 4.42 Å². The Morgan fingerprint density at radius 1 is 1.00 bits per heavy atom. The second-order valence-electron chi connectivity index (χ2n) is 9.19. The lowest BCUT2D eigenvalue weighted by atomic mass is 9.84. The molecule has 0 bridgehead atoms. The van der Waals surface area contributed by atoms with Crippen LogP contribution >= 0.6 is 0 Å². The molecule has 35 heavy (non-hydrogen) atoms. The first-order chi connectivity index (χ1) is 17.1. The third-order valence-corrected chi connectivity index (χ3v) is 6.91. The summed E-state index contributed by atoms with van der Waals surface area (Å²) in [6.45, 7) is 3.82. The zero-order chi connectivity index (χ0) is 24.2. The van der Waals surface area contributed by atoms with Crippen LogP contribution in [0.2, 0.25) is 0 Å². The van der Waals surface area contributed by atoms with E-state index in [9.17, 15) is 9.59 Å². The Labute approximate surface area is 205 Å². The summed E-state index contributed by atoms with van der Waals surface area (Å²) in [7, 11) is 0. The predicted molar refractivity (Wildman–Crippen MR) is 136 cm³/mol. The fourth-order valence-electron chi connectivity index (χ4n) is 4.71. The van der Waals surface area contributed by atoms with Crippen LogP contribution in [0.15, 0.2) is 83.3 Å². The Balaban J connectivity index is 1.18. The maximum atomic E-state index is 13.2. The maximum absolute atomic E-state index is 13.2. The van der Waals surface area contributed by atoms with Gasteiger partial charge in [0.25, 0.3) is 5.91 Å². The number of hydrogen-bond acceptors (Lipinski definition) is 4. The number of rotatable bonds is 6. The number of carbonyl (C=O) groups is 2. The minimum atomic E-state index is -0.0844. The van der Waals surface area contributed by atoms with Gasteiger partial charge in [0.15, 0.2) is 5.58 Å². The molecule has 1 atom stereocenters. The van der Waals surface area contributed by atoms with Gasteiger partial charge in [-0.25, -0.2) is 4.98 Å². The highest BCUT2D eigenvalue weighted by Gasteiger charge is 2.30. The number of nitrogens with one attached hydrogen (secondary N) is 1. The second kappa shape index (κ2) is 10.1. The molecule has 2 heterocycles. The molecule has 6 heteroatoms. The molecule has 6 nitrogen and oxygen atoms in total. The topological polar surface area (TPSA) is 75.4 Å². The van der Waals surface area contributed by atoms with Crippen molar-refractivity contribution >= 4 is 22.9 Å².